The fourth-order valence-electron chi connectivity index (χ4n) is 2.46. The first-order valence-corrected chi connectivity index (χ1v) is 7.41. The van der Waals surface area contributed by atoms with Gasteiger partial charge in [-0.3, -0.25) is 4.79 Å². The van der Waals surface area contributed by atoms with Crippen molar-refractivity contribution >= 4 is 16.8 Å². The zero-order valence-electron chi connectivity index (χ0n) is 12.8. The van der Waals surface area contributed by atoms with Crippen LogP contribution in [0.2, 0.25) is 0 Å². The van der Waals surface area contributed by atoms with E-state index < -0.39 is 0 Å². The Morgan fingerprint density at radius 3 is 2.55 bits per heavy atom. The fraction of sp³-hybridized carbons (Fsp3) is 0.158. The van der Waals surface area contributed by atoms with Gasteiger partial charge in [-0.15, -0.1) is 0 Å². The molecule has 0 aliphatic carbocycles. The van der Waals surface area contributed by atoms with Gasteiger partial charge in [0.05, 0.1) is 11.2 Å². The Bertz CT molecular complexity index is 826. The van der Waals surface area contributed by atoms with Crippen molar-refractivity contribution in [1.29, 1.82) is 0 Å². The summed E-state index contributed by atoms with van der Waals surface area (Å²) in [6, 6.07) is 19.7. The molecule has 0 radical (unpaired) electrons. The number of amides is 1. The minimum Gasteiger partial charge on any atom is -0.342 e. The Balaban J connectivity index is 2.12. The first-order valence-electron chi connectivity index (χ1n) is 7.41. The van der Waals surface area contributed by atoms with E-state index in [9.17, 15) is 4.79 Å². The number of carbonyl (C=O) groups excluding carboxylic acids is 1. The third-order valence-electron chi connectivity index (χ3n) is 3.85. The highest BCUT2D eigenvalue weighted by atomic mass is 16.2. The zero-order chi connectivity index (χ0) is 15.5. The summed E-state index contributed by atoms with van der Waals surface area (Å²) in [5, 5.41) is 1.10. The van der Waals surface area contributed by atoms with E-state index in [-0.39, 0.29) is 5.91 Å². The van der Waals surface area contributed by atoms with Gasteiger partial charge in [0.15, 0.2) is 0 Å². The van der Waals surface area contributed by atoms with E-state index >= 15 is 0 Å². The van der Waals surface area contributed by atoms with Gasteiger partial charge in [-0.05, 0) is 25.1 Å². The minimum atomic E-state index is 0.0214. The van der Waals surface area contributed by atoms with Crippen LogP contribution in [0.3, 0.4) is 0 Å². The van der Waals surface area contributed by atoms with Crippen LogP contribution in [0, 0.1) is 0 Å². The van der Waals surface area contributed by atoms with Gasteiger partial charge in [-0.2, -0.15) is 0 Å². The predicted octanol–water partition coefficient (Wildman–Crippen LogP) is 3.99. The summed E-state index contributed by atoms with van der Waals surface area (Å²) in [5.41, 5.74) is 3.33. The number of aromatic nitrogens is 1. The second kappa shape index (κ2) is 5.98. The summed E-state index contributed by atoms with van der Waals surface area (Å²) in [4.78, 5) is 18.9. The Labute approximate surface area is 130 Å². The Morgan fingerprint density at radius 2 is 1.73 bits per heavy atom. The van der Waals surface area contributed by atoms with Crippen molar-refractivity contribution in [3.05, 3.63) is 66.2 Å². The lowest BCUT2D eigenvalue weighted by Crippen LogP contribution is -2.26. The highest BCUT2D eigenvalue weighted by molar-refractivity contribution is 6.00. The number of rotatable bonds is 3. The van der Waals surface area contributed by atoms with Crippen molar-refractivity contribution in [3.8, 4) is 11.3 Å². The van der Waals surface area contributed by atoms with Gasteiger partial charge in [-0.25, -0.2) is 4.98 Å². The first-order chi connectivity index (χ1) is 10.7. The van der Waals surface area contributed by atoms with E-state index in [0.29, 0.717) is 12.1 Å². The first kappa shape index (κ1) is 14.3. The van der Waals surface area contributed by atoms with Crippen LogP contribution in [-0.2, 0) is 0 Å². The number of benzene rings is 2. The topological polar surface area (TPSA) is 33.2 Å². The molecule has 1 heterocycles. The van der Waals surface area contributed by atoms with Gasteiger partial charge in [0.2, 0.25) is 0 Å². The average molecular weight is 290 g/mol. The SMILES string of the molecule is CCN(C)C(=O)c1ccccc1-c1ccc2ccccc2n1. The summed E-state index contributed by atoms with van der Waals surface area (Å²) in [5.74, 6) is 0.0214. The molecule has 2 aromatic carbocycles. The molecular formula is C19H18N2O. The second-order valence-electron chi connectivity index (χ2n) is 5.25. The van der Waals surface area contributed by atoms with Crippen molar-refractivity contribution in [2.45, 2.75) is 6.92 Å². The van der Waals surface area contributed by atoms with Gasteiger partial charge in [0, 0.05) is 30.1 Å². The molecule has 22 heavy (non-hydrogen) atoms. The quantitative estimate of drug-likeness (QED) is 0.730. The van der Waals surface area contributed by atoms with Crippen LogP contribution in [0.1, 0.15) is 17.3 Å². The van der Waals surface area contributed by atoms with Crippen LogP contribution in [0.15, 0.2) is 60.7 Å². The molecule has 3 rings (SSSR count). The maximum Gasteiger partial charge on any atom is 0.254 e. The second-order valence-corrected chi connectivity index (χ2v) is 5.25. The molecule has 3 aromatic rings. The standard InChI is InChI=1S/C19H18N2O/c1-3-21(2)19(22)16-10-6-5-9-15(16)18-13-12-14-8-4-7-11-17(14)20-18/h4-13H,3H2,1-2H3. The summed E-state index contributed by atoms with van der Waals surface area (Å²) >= 11 is 0. The fourth-order valence-corrected chi connectivity index (χ4v) is 2.46. The third kappa shape index (κ3) is 2.58. The van der Waals surface area contributed by atoms with Crippen molar-refractivity contribution in [1.82, 2.24) is 9.88 Å². The molecule has 0 atom stereocenters. The zero-order valence-corrected chi connectivity index (χ0v) is 12.8. The molecule has 0 fully saturated rings. The molecule has 0 unspecified atom stereocenters. The van der Waals surface area contributed by atoms with E-state index in [2.05, 4.69) is 0 Å². The highest BCUT2D eigenvalue weighted by Gasteiger charge is 2.16. The van der Waals surface area contributed by atoms with E-state index in [4.69, 9.17) is 4.98 Å². The molecule has 0 aliphatic rings. The van der Waals surface area contributed by atoms with Gasteiger partial charge < -0.3 is 4.90 Å². The molecule has 1 amide bonds. The summed E-state index contributed by atoms with van der Waals surface area (Å²) in [6.45, 7) is 2.65. The number of para-hydroxylation sites is 1. The monoisotopic (exact) mass is 290 g/mol. The largest absolute Gasteiger partial charge is 0.342 e. The molecule has 0 spiro atoms. The van der Waals surface area contributed by atoms with Crippen LogP contribution in [0.5, 0.6) is 0 Å². The van der Waals surface area contributed by atoms with Crippen LogP contribution in [0.4, 0.5) is 0 Å². The van der Waals surface area contributed by atoms with Gasteiger partial charge in [-0.1, -0.05) is 42.5 Å². The van der Waals surface area contributed by atoms with E-state index in [1.165, 1.54) is 0 Å². The van der Waals surface area contributed by atoms with Crippen LogP contribution in [-0.4, -0.2) is 29.4 Å². The number of pyridine rings is 1. The van der Waals surface area contributed by atoms with Gasteiger partial charge >= 0.3 is 0 Å². The van der Waals surface area contributed by atoms with Crippen molar-refractivity contribution in [3.63, 3.8) is 0 Å². The smallest absolute Gasteiger partial charge is 0.254 e. The average Bonchev–Trinajstić information content (AvgIpc) is 2.60. The van der Waals surface area contributed by atoms with E-state index in [0.717, 1.165) is 22.2 Å². The van der Waals surface area contributed by atoms with Crippen LogP contribution < -0.4 is 0 Å². The molecule has 0 saturated carbocycles. The number of nitrogens with zero attached hydrogens (tertiary/aromatic N) is 2. The number of carbonyl (C=O) groups is 1. The lowest BCUT2D eigenvalue weighted by atomic mass is 10.0. The summed E-state index contributed by atoms with van der Waals surface area (Å²) in [7, 11) is 1.81. The lowest BCUT2D eigenvalue weighted by Gasteiger charge is -2.17. The molecular weight excluding hydrogens is 272 g/mol. The Hall–Kier alpha value is -2.68. The molecule has 1 aromatic heterocycles. The molecule has 3 nitrogen and oxygen atoms in total. The van der Waals surface area contributed by atoms with Crippen molar-refractivity contribution in [2.75, 3.05) is 13.6 Å². The van der Waals surface area contributed by atoms with Gasteiger partial charge in [0.1, 0.15) is 0 Å². The van der Waals surface area contributed by atoms with Crippen molar-refractivity contribution in [2.24, 2.45) is 0 Å². The van der Waals surface area contributed by atoms with Gasteiger partial charge in [0.25, 0.3) is 5.91 Å². The number of hydrogen-bond donors (Lipinski definition) is 0. The molecule has 0 N–H and O–H groups in total. The maximum atomic E-state index is 12.5. The molecule has 3 heteroatoms. The third-order valence-corrected chi connectivity index (χ3v) is 3.85. The summed E-state index contributed by atoms with van der Waals surface area (Å²) in [6.07, 6.45) is 0. The highest BCUT2D eigenvalue weighted by Crippen LogP contribution is 2.25. The Morgan fingerprint density at radius 1 is 1.00 bits per heavy atom. The van der Waals surface area contributed by atoms with Crippen molar-refractivity contribution < 1.29 is 4.79 Å². The Kier molecular flexibility index (Phi) is 3.88. The molecule has 0 bridgehead atoms. The predicted molar refractivity (Wildman–Crippen MR) is 89.8 cm³/mol. The molecule has 0 aliphatic heterocycles. The number of fused-ring (bicyclic) bond motifs is 1. The van der Waals surface area contributed by atoms with E-state index in [1.807, 2.05) is 74.6 Å². The number of hydrogen-bond acceptors (Lipinski definition) is 2. The minimum absolute atomic E-state index is 0.0214. The molecule has 110 valence electrons. The normalized spacial score (nSPS) is 10.6. The maximum absolute atomic E-state index is 12.5. The summed E-state index contributed by atoms with van der Waals surface area (Å²) < 4.78 is 0. The van der Waals surface area contributed by atoms with E-state index in [1.54, 1.807) is 4.90 Å². The molecule has 0 saturated heterocycles. The lowest BCUT2D eigenvalue weighted by molar-refractivity contribution is 0.0803. The van der Waals surface area contributed by atoms with Crippen LogP contribution in [0.25, 0.3) is 22.2 Å². The van der Waals surface area contributed by atoms with Crippen LogP contribution >= 0.6 is 0 Å².